The highest BCUT2D eigenvalue weighted by Gasteiger charge is 2.29. The fourth-order valence-corrected chi connectivity index (χ4v) is 2.28. The molecule has 2 aliphatic heterocycles. The molecule has 1 atom stereocenters. The molecule has 3 heteroatoms. The molecule has 2 rings (SSSR count). The van der Waals surface area contributed by atoms with Crippen molar-refractivity contribution in [3.8, 4) is 0 Å². The van der Waals surface area contributed by atoms with E-state index in [0.29, 0.717) is 5.92 Å². The van der Waals surface area contributed by atoms with Crippen LogP contribution < -0.4 is 10.6 Å². The average Bonchev–Trinajstić information content (AvgIpc) is 2.54. The van der Waals surface area contributed by atoms with Crippen molar-refractivity contribution in [3.05, 3.63) is 0 Å². The molecular formula is C9H16N2O. The van der Waals surface area contributed by atoms with Crippen molar-refractivity contribution < 1.29 is 4.79 Å². The average molecular weight is 168 g/mol. The summed E-state index contributed by atoms with van der Waals surface area (Å²) in [6, 6.07) is 0. The summed E-state index contributed by atoms with van der Waals surface area (Å²) in [5.41, 5.74) is 0. The van der Waals surface area contributed by atoms with E-state index in [9.17, 15) is 4.79 Å². The predicted molar refractivity (Wildman–Crippen MR) is 46.7 cm³/mol. The van der Waals surface area contributed by atoms with Gasteiger partial charge in [0, 0.05) is 13.0 Å². The number of nitrogens with one attached hydrogen (secondary N) is 2. The Bertz CT molecular complexity index is 175. The second-order valence-electron chi connectivity index (χ2n) is 3.86. The topological polar surface area (TPSA) is 41.1 Å². The first-order valence-corrected chi connectivity index (χ1v) is 4.83. The molecule has 1 unspecified atom stereocenters. The van der Waals surface area contributed by atoms with Crippen LogP contribution >= 0.6 is 0 Å². The van der Waals surface area contributed by atoms with E-state index in [1.807, 2.05) is 0 Å². The summed E-state index contributed by atoms with van der Waals surface area (Å²) in [6.45, 7) is 3.19. The van der Waals surface area contributed by atoms with Crippen molar-refractivity contribution in [1.82, 2.24) is 10.6 Å². The second-order valence-corrected chi connectivity index (χ2v) is 3.86. The van der Waals surface area contributed by atoms with Gasteiger partial charge in [-0.05, 0) is 37.8 Å². The quantitative estimate of drug-likeness (QED) is 0.584. The Kier molecular flexibility index (Phi) is 2.30. The van der Waals surface area contributed by atoms with Crippen LogP contribution in [0.25, 0.3) is 0 Å². The molecular weight excluding hydrogens is 152 g/mol. The lowest BCUT2D eigenvalue weighted by Crippen LogP contribution is -2.32. The molecule has 0 radical (unpaired) electrons. The molecule has 2 fully saturated rings. The lowest BCUT2D eigenvalue weighted by atomic mass is 9.84. The monoisotopic (exact) mass is 168 g/mol. The molecule has 2 aliphatic rings. The Balaban J connectivity index is 1.86. The Morgan fingerprint density at radius 1 is 1.17 bits per heavy atom. The minimum Gasteiger partial charge on any atom is -0.356 e. The fourth-order valence-electron chi connectivity index (χ4n) is 2.28. The minimum absolute atomic E-state index is 0.249. The van der Waals surface area contributed by atoms with Crippen LogP contribution in [0.15, 0.2) is 0 Å². The third-order valence-electron chi connectivity index (χ3n) is 3.06. The molecule has 0 spiro atoms. The van der Waals surface area contributed by atoms with Crippen molar-refractivity contribution >= 4 is 5.91 Å². The molecule has 0 bridgehead atoms. The molecule has 0 aromatic rings. The third kappa shape index (κ3) is 1.61. The highest BCUT2D eigenvalue weighted by Crippen LogP contribution is 2.26. The van der Waals surface area contributed by atoms with Gasteiger partial charge in [0.2, 0.25) is 5.91 Å². The normalized spacial score (nSPS) is 32.0. The predicted octanol–water partition coefficient (Wildman–Crippen LogP) is 0.122. The van der Waals surface area contributed by atoms with Gasteiger partial charge < -0.3 is 10.6 Å². The highest BCUT2D eigenvalue weighted by atomic mass is 16.1. The van der Waals surface area contributed by atoms with Gasteiger partial charge in [0.15, 0.2) is 0 Å². The smallest absolute Gasteiger partial charge is 0.220 e. The van der Waals surface area contributed by atoms with Crippen LogP contribution in [-0.2, 0) is 4.79 Å². The molecule has 0 aliphatic carbocycles. The van der Waals surface area contributed by atoms with E-state index in [2.05, 4.69) is 10.6 Å². The number of piperidine rings is 1. The van der Waals surface area contributed by atoms with E-state index < -0.39 is 0 Å². The molecule has 2 saturated heterocycles. The summed E-state index contributed by atoms with van der Waals surface area (Å²) in [4.78, 5) is 11.0. The Hall–Kier alpha value is -0.570. The molecule has 68 valence electrons. The first-order chi connectivity index (χ1) is 5.86. The molecule has 2 N–H and O–H groups in total. The number of rotatable bonds is 1. The summed E-state index contributed by atoms with van der Waals surface area (Å²) in [5, 5.41) is 6.25. The van der Waals surface area contributed by atoms with E-state index in [0.717, 1.165) is 32.0 Å². The van der Waals surface area contributed by atoms with Gasteiger partial charge in [0.05, 0.1) is 0 Å². The lowest BCUT2D eigenvalue weighted by Gasteiger charge is -2.26. The number of carbonyl (C=O) groups is 1. The Labute approximate surface area is 72.9 Å². The maximum absolute atomic E-state index is 11.0. The van der Waals surface area contributed by atoms with Gasteiger partial charge in [0.25, 0.3) is 0 Å². The summed E-state index contributed by atoms with van der Waals surface area (Å²) in [5.74, 6) is 1.66. The van der Waals surface area contributed by atoms with Gasteiger partial charge in [-0.3, -0.25) is 4.79 Å². The molecule has 2 heterocycles. The van der Waals surface area contributed by atoms with Crippen molar-refractivity contribution in [2.45, 2.75) is 19.3 Å². The van der Waals surface area contributed by atoms with E-state index in [1.165, 1.54) is 12.8 Å². The zero-order valence-electron chi connectivity index (χ0n) is 7.31. The van der Waals surface area contributed by atoms with Gasteiger partial charge in [-0.1, -0.05) is 0 Å². The third-order valence-corrected chi connectivity index (χ3v) is 3.06. The van der Waals surface area contributed by atoms with Crippen molar-refractivity contribution in [2.24, 2.45) is 11.8 Å². The van der Waals surface area contributed by atoms with E-state index in [1.54, 1.807) is 0 Å². The first-order valence-electron chi connectivity index (χ1n) is 4.83. The maximum Gasteiger partial charge on any atom is 0.220 e. The summed E-state index contributed by atoms with van der Waals surface area (Å²) in [7, 11) is 0. The van der Waals surface area contributed by atoms with Crippen LogP contribution in [0, 0.1) is 11.8 Å². The van der Waals surface area contributed by atoms with Crippen LogP contribution in [0.5, 0.6) is 0 Å². The standard InChI is InChI=1S/C9H16N2O/c12-9-5-8(6-11-9)7-1-3-10-4-2-7/h7-8,10H,1-6H2,(H,11,12). The number of amides is 1. The number of hydrogen-bond donors (Lipinski definition) is 2. The SMILES string of the molecule is O=C1CC(C2CCNCC2)CN1. The van der Waals surface area contributed by atoms with Crippen molar-refractivity contribution in [3.63, 3.8) is 0 Å². The van der Waals surface area contributed by atoms with E-state index >= 15 is 0 Å². The highest BCUT2D eigenvalue weighted by molar-refractivity contribution is 5.78. The zero-order chi connectivity index (χ0) is 8.39. The Morgan fingerprint density at radius 3 is 2.50 bits per heavy atom. The minimum atomic E-state index is 0.249. The maximum atomic E-state index is 11.0. The number of hydrogen-bond acceptors (Lipinski definition) is 2. The van der Waals surface area contributed by atoms with Crippen LogP contribution in [0.4, 0.5) is 0 Å². The van der Waals surface area contributed by atoms with Crippen molar-refractivity contribution in [1.29, 1.82) is 0 Å². The molecule has 0 aromatic carbocycles. The zero-order valence-corrected chi connectivity index (χ0v) is 7.31. The van der Waals surface area contributed by atoms with Gasteiger partial charge in [-0.2, -0.15) is 0 Å². The molecule has 3 nitrogen and oxygen atoms in total. The van der Waals surface area contributed by atoms with Gasteiger partial charge in [-0.15, -0.1) is 0 Å². The molecule has 12 heavy (non-hydrogen) atoms. The van der Waals surface area contributed by atoms with Gasteiger partial charge in [0.1, 0.15) is 0 Å². The second kappa shape index (κ2) is 3.44. The van der Waals surface area contributed by atoms with Crippen LogP contribution in [0.2, 0.25) is 0 Å². The first kappa shape index (κ1) is 8.05. The summed E-state index contributed by atoms with van der Waals surface area (Å²) >= 11 is 0. The number of carbonyl (C=O) groups excluding carboxylic acids is 1. The van der Waals surface area contributed by atoms with Crippen molar-refractivity contribution in [2.75, 3.05) is 19.6 Å². The molecule has 1 amide bonds. The van der Waals surface area contributed by atoms with Gasteiger partial charge in [-0.25, -0.2) is 0 Å². The van der Waals surface area contributed by atoms with Crippen LogP contribution in [0.3, 0.4) is 0 Å². The lowest BCUT2D eigenvalue weighted by molar-refractivity contribution is -0.119. The summed E-state index contributed by atoms with van der Waals surface area (Å²) in [6.07, 6.45) is 3.27. The van der Waals surface area contributed by atoms with Gasteiger partial charge >= 0.3 is 0 Å². The van der Waals surface area contributed by atoms with Crippen LogP contribution in [-0.4, -0.2) is 25.5 Å². The molecule has 0 saturated carbocycles. The largest absolute Gasteiger partial charge is 0.356 e. The summed E-state index contributed by atoms with van der Waals surface area (Å²) < 4.78 is 0. The van der Waals surface area contributed by atoms with E-state index in [-0.39, 0.29) is 5.91 Å². The fraction of sp³-hybridized carbons (Fsp3) is 0.889. The van der Waals surface area contributed by atoms with E-state index in [4.69, 9.17) is 0 Å². The van der Waals surface area contributed by atoms with Crippen LogP contribution in [0.1, 0.15) is 19.3 Å². The molecule has 0 aromatic heterocycles. The Morgan fingerprint density at radius 2 is 1.92 bits per heavy atom.